The van der Waals surface area contributed by atoms with E-state index in [1.807, 2.05) is 78.9 Å². The molecule has 0 amide bonds. The minimum absolute atomic E-state index is 0. The molecule has 0 heterocycles. The van der Waals surface area contributed by atoms with Crippen LogP contribution >= 0.6 is 31.9 Å². The van der Waals surface area contributed by atoms with Crippen molar-refractivity contribution in [1.29, 1.82) is 0 Å². The molecule has 0 aliphatic rings. The molecule has 0 saturated heterocycles. The molecule has 8 rings (SSSR count). The van der Waals surface area contributed by atoms with Gasteiger partial charge >= 0.3 is 0 Å². The summed E-state index contributed by atoms with van der Waals surface area (Å²) < 4.78 is 2.22. The maximum Gasteiger partial charge on any atom is 0.0463 e. The van der Waals surface area contributed by atoms with Crippen LogP contribution in [0.4, 0.5) is 51.2 Å². The predicted molar refractivity (Wildman–Crippen MR) is 300 cm³/mol. The second-order valence-corrected chi connectivity index (χ2v) is 18.2. The molecular formula is C61H67Br2N4-. The first-order valence-corrected chi connectivity index (χ1v) is 25.0. The van der Waals surface area contributed by atoms with Crippen molar-refractivity contribution in [1.82, 2.24) is 0 Å². The summed E-state index contributed by atoms with van der Waals surface area (Å²) in [4.78, 5) is 4.73. The lowest BCUT2D eigenvalue weighted by molar-refractivity contribution is 0.795. The Kier molecular flexibility index (Phi) is 21.8. The average molecular weight is 1020 g/mol. The van der Waals surface area contributed by atoms with Gasteiger partial charge in [0, 0.05) is 60.1 Å². The smallest absolute Gasteiger partial charge is 0.0463 e. The van der Waals surface area contributed by atoms with Crippen LogP contribution in [0.1, 0.15) is 76.0 Å². The van der Waals surface area contributed by atoms with Gasteiger partial charge in [-0.1, -0.05) is 145 Å². The van der Waals surface area contributed by atoms with Crippen molar-refractivity contribution in [2.24, 2.45) is 0 Å². The van der Waals surface area contributed by atoms with E-state index in [0.717, 1.165) is 62.3 Å². The predicted octanol–water partition coefficient (Wildman–Crippen LogP) is 19.3. The van der Waals surface area contributed by atoms with Gasteiger partial charge in [0.15, 0.2) is 0 Å². The third-order valence-electron chi connectivity index (χ3n) is 11.2. The maximum absolute atomic E-state index is 5.59. The van der Waals surface area contributed by atoms with Gasteiger partial charge in [-0.05, 0) is 189 Å². The van der Waals surface area contributed by atoms with Crippen molar-refractivity contribution in [2.45, 2.75) is 78.6 Å². The van der Waals surface area contributed by atoms with E-state index < -0.39 is 0 Å². The summed E-state index contributed by atoms with van der Waals surface area (Å²) in [5.74, 6) is 0. The highest BCUT2D eigenvalue weighted by Crippen LogP contribution is 2.39. The Morgan fingerprint density at radius 2 is 0.642 bits per heavy atom. The Balaban J connectivity index is 0.000000296. The number of aryl methyl sites for hydroxylation is 3. The maximum atomic E-state index is 5.59. The van der Waals surface area contributed by atoms with Crippen molar-refractivity contribution in [3.63, 3.8) is 0 Å². The molecule has 0 spiro atoms. The Hall–Kier alpha value is -6.08. The normalized spacial score (nSPS) is 10.3. The molecule has 8 aromatic rings. The van der Waals surface area contributed by atoms with Gasteiger partial charge in [0.2, 0.25) is 0 Å². The van der Waals surface area contributed by atoms with Gasteiger partial charge < -0.3 is 28.3 Å². The number of hydrogen-bond acceptors (Lipinski definition) is 4. The van der Waals surface area contributed by atoms with Crippen molar-refractivity contribution in [2.75, 3.05) is 20.9 Å². The molecule has 0 aliphatic heterocycles. The highest BCUT2D eigenvalue weighted by molar-refractivity contribution is 9.11. The monoisotopic (exact) mass is 1010 g/mol. The van der Waals surface area contributed by atoms with E-state index >= 15 is 0 Å². The van der Waals surface area contributed by atoms with E-state index in [-0.39, 0.29) is 7.43 Å². The van der Waals surface area contributed by atoms with Crippen LogP contribution in [0.25, 0.3) is 0 Å². The molecule has 6 heteroatoms. The molecule has 0 radical (unpaired) electrons. The van der Waals surface area contributed by atoms with Crippen molar-refractivity contribution in [3.8, 4) is 0 Å². The van der Waals surface area contributed by atoms with Gasteiger partial charge in [-0.3, -0.25) is 0 Å². The number of unbranched alkanes of at least 4 members (excludes halogenated alkanes) is 3. The molecule has 3 N–H and O–H groups in total. The first kappa shape index (κ1) is 51.9. The first-order valence-electron chi connectivity index (χ1n) is 23.4. The van der Waals surface area contributed by atoms with Crippen LogP contribution in [0.5, 0.6) is 0 Å². The van der Waals surface area contributed by atoms with Crippen LogP contribution in [-0.4, -0.2) is 0 Å². The first-order chi connectivity index (χ1) is 32.3. The molecular weight excluding hydrogens is 949 g/mol. The molecule has 0 unspecified atom stereocenters. The van der Waals surface area contributed by atoms with Crippen LogP contribution in [0.3, 0.4) is 0 Å². The highest BCUT2D eigenvalue weighted by atomic mass is 79.9. The third-order valence-corrected chi connectivity index (χ3v) is 12.3. The number of para-hydroxylation sites is 2. The fourth-order valence-corrected chi connectivity index (χ4v) is 8.01. The van der Waals surface area contributed by atoms with Crippen LogP contribution in [0, 0.1) is 7.43 Å². The molecule has 346 valence electrons. The van der Waals surface area contributed by atoms with E-state index in [9.17, 15) is 0 Å². The summed E-state index contributed by atoms with van der Waals surface area (Å²) >= 11 is 6.65. The van der Waals surface area contributed by atoms with Crippen LogP contribution in [0.15, 0.2) is 215 Å². The quantitative estimate of drug-likeness (QED) is 0.0705. The third kappa shape index (κ3) is 16.6. The Morgan fingerprint density at radius 1 is 0.358 bits per heavy atom. The summed E-state index contributed by atoms with van der Waals surface area (Å²) in [6.45, 7) is 6.76. The molecule has 0 atom stereocenters. The Labute approximate surface area is 419 Å². The van der Waals surface area contributed by atoms with Gasteiger partial charge in [0.1, 0.15) is 0 Å². The van der Waals surface area contributed by atoms with E-state index in [1.165, 1.54) is 72.3 Å². The van der Waals surface area contributed by atoms with E-state index in [4.69, 9.17) is 5.73 Å². The lowest BCUT2D eigenvalue weighted by Crippen LogP contribution is -2.12. The number of nitrogens with zero attached hydrogens (tertiary/aromatic N) is 2. The topological polar surface area (TPSA) is 44.5 Å². The van der Waals surface area contributed by atoms with Crippen molar-refractivity contribution >= 4 is 83.0 Å². The average Bonchev–Trinajstić information content (AvgIpc) is 3.36. The van der Waals surface area contributed by atoms with Gasteiger partial charge in [0.25, 0.3) is 0 Å². The lowest BCUT2D eigenvalue weighted by Gasteiger charge is -2.28. The summed E-state index contributed by atoms with van der Waals surface area (Å²) in [6, 6.07) is 72.8. The van der Waals surface area contributed by atoms with E-state index in [2.05, 4.69) is 195 Å². The number of hydrogen-bond donors (Lipinski definition) is 2. The van der Waals surface area contributed by atoms with Crippen LogP contribution in [0.2, 0.25) is 0 Å². The fourth-order valence-electron chi connectivity index (χ4n) is 7.48. The van der Waals surface area contributed by atoms with E-state index in [1.54, 1.807) is 0 Å². The highest BCUT2D eigenvalue weighted by Gasteiger charge is 2.16. The van der Waals surface area contributed by atoms with Crippen LogP contribution in [-0.2, 0) is 19.3 Å². The SMILES string of the molecule is Brc1ccc(Br)cc1.CCCCc1ccc(N(c2ccccc2)c2ccc(N(c3ccc(CCCC)cc3)c3ccc(CCCC)cc3)cc2)cc1.Nc1ccc(Nc2ccccc2)cc1.[CH3-]. The molecule has 0 bridgehead atoms. The zero-order valence-corrected chi connectivity index (χ0v) is 42.9. The Bertz CT molecular complexity index is 2470. The largest absolute Gasteiger partial charge is 0.399 e. The van der Waals surface area contributed by atoms with Crippen LogP contribution < -0.4 is 20.9 Å². The standard InChI is InChI=1S/C42H48N2.C12H12N2.C6H4Br2.CH3/c1-4-7-13-34-18-24-38(25-19-34)43(37-16-11-10-12-17-37)41-30-32-42(33-31-41)44(39-26-20-35(21-27-39)14-8-5-2)40-28-22-36(23-29-40)15-9-6-3;13-10-6-8-12(9-7-10)14-11-4-2-1-3-5-11;7-5-1-2-6(8)4-3-5;/h10-12,16-33H,4-9,13-15H2,1-3H3;1-9,14H,13H2;1-4H;1H3/q;;;-1. The number of nitrogens with two attached hydrogens (primary N) is 1. The molecule has 4 nitrogen and oxygen atoms in total. The van der Waals surface area contributed by atoms with Gasteiger partial charge in [-0.2, -0.15) is 0 Å². The number of nitrogens with one attached hydrogen (secondary N) is 1. The summed E-state index contributed by atoms with van der Waals surface area (Å²) in [5.41, 5.74) is 19.7. The molecule has 0 aromatic heterocycles. The second-order valence-electron chi connectivity index (χ2n) is 16.4. The van der Waals surface area contributed by atoms with Crippen molar-refractivity contribution in [3.05, 3.63) is 239 Å². The molecule has 0 fully saturated rings. The lowest BCUT2D eigenvalue weighted by atomic mass is 10.1. The number of nitrogen functional groups attached to an aromatic ring is 1. The zero-order valence-electron chi connectivity index (χ0n) is 39.7. The fraction of sp³-hybridized carbons (Fsp3) is 0.197. The molecule has 8 aromatic carbocycles. The van der Waals surface area contributed by atoms with Crippen molar-refractivity contribution < 1.29 is 0 Å². The second kappa shape index (κ2) is 28.2. The van der Waals surface area contributed by atoms with E-state index in [0.29, 0.717) is 0 Å². The molecule has 0 saturated carbocycles. The number of anilines is 9. The number of benzene rings is 8. The molecule has 0 aliphatic carbocycles. The minimum atomic E-state index is 0. The number of halogens is 2. The summed E-state index contributed by atoms with van der Waals surface area (Å²) in [5, 5.41) is 3.28. The Morgan fingerprint density at radius 3 is 0.970 bits per heavy atom. The zero-order chi connectivity index (χ0) is 46.4. The number of rotatable bonds is 17. The summed E-state index contributed by atoms with van der Waals surface area (Å²) in [7, 11) is 0. The van der Waals surface area contributed by atoms with Gasteiger partial charge in [0.05, 0.1) is 0 Å². The minimum Gasteiger partial charge on any atom is -0.399 e. The van der Waals surface area contributed by atoms with Gasteiger partial charge in [-0.15, -0.1) is 0 Å². The molecule has 67 heavy (non-hydrogen) atoms. The van der Waals surface area contributed by atoms with Gasteiger partial charge in [-0.25, -0.2) is 0 Å². The summed E-state index contributed by atoms with van der Waals surface area (Å²) in [6.07, 6.45) is 10.7.